The van der Waals surface area contributed by atoms with Crippen molar-refractivity contribution in [3.05, 3.63) is 11.6 Å². The zero-order valence-electron chi connectivity index (χ0n) is 21.3. The first-order chi connectivity index (χ1) is 16.3. The van der Waals surface area contributed by atoms with Gasteiger partial charge in [-0.05, 0) is 74.2 Å². The van der Waals surface area contributed by atoms with Crippen LogP contribution in [0, 0.1) is 28.6 Å². The van der Waals surface area contributed by atoms with Gasteiger partial charge in [-0.1, -0.05) is 26.3 Å². The fourth-order valence-corrected chi connectivity index (χ4v) is 7.70. The summed E-state index contributed by atoms with van der Waals surface area (Å²) < 4.78 is 4.21. The first-order valence-electron chi connectivity index (χ1n) is 12.8. The summed E-state index contributed by atoms with van der Waals surface area (Å²) in [5, 5.41) is 31.7. The smallest absolute Gasteiger partial charge is 0.313 e. The Kier molecular flexibility index (Phi) is 8.09. The van der Waals surface area contributed by atoms with Crippen LogP contribution in [0.4, 0.5) is 0 Å². The molecular formula is C27H40O8. The predicted molar refractivity (Wildman–Crippen MR) is 127 cm³/mol. The Morgan fingerprint density at radius 2 is 1.83 bits per heavy atom. The number of Topliss-reactive ketones (excluding diaryl/α,β-unsaturated/α-hetero) is 1. The number of carbonyl (C=O) groups is 4. The van der Waals surface area contributed by atoms with E-state index in [-0.39, 0.29) is 29.0 Å². The number of ketones is 2. The maximum atomic E-state index is 12.4. The maximum Gasteiger partial charge on any atom is 0.313 e. The van der Waals surface area contributed by atoms with Gasteiger partial charge < -0.3 is 20.1 Å². The van der Waals surface area contributed by atoms with Crippen molar-refractivity contribution >= 4 is 23.5 Å². The van der Waals surface area contributed by atoms with Crippen LogP contribution in [0.2, 0.25) is 0 Å². The third kappa shape index (κ3) is 4.77. The first-order valence-corrected chi connectivity index (χ1v) is 12.8. The molecule has 0 aromatic heterocycles. The van der Waals surface area contributed by atoms with Crippen LogP contribution >= 0.6 is 0 Å². The number of carbonyl (C=O) groups excluding carboxylic acids is 4. The van der Waals surface area contributed by atoms with E-state index in [4.69, 9.17) is 0 Å². The van der Waals surface area contributed by atoms with E-state index in [0.717, 1.165) is 25.7 Å². The molecule has 3 fully saturated rings. The number of allylic oxidation sites excluding steroid dienone is 1. The van der Waals surface area contributed by atoms with Crippen LogP contribution in [0.5, 0.6) is 0 Å². The van der Waals surface area contributed by atoms with E-state index in [2.05, 4.69) is 11.7 Å². The quantitative estimate of drug-likeness (QED) is 0.402. The molecular weight excluding hydrogens is 452 g/mol. The fourth-order valence-electron chi connectivity index (χ4n) is 7.70. The number of aliphatic hydroxyl groups excluding tert-OH is 2. The van der Waals surface area contributed by atoms with Crippen molar-refractivity contribution in [3.8, 4) is 0 Å². The van der Waals surface area contributed by atoms with Crippen molar-refractivity contribution in [2.45, 2.75) is 97.2 Å². The van der Waals surface area contributed by atoms with Crippen molar-refractivity contribution in [1.29, 1.82) is 0 Å². The van der Waals surface area contributed by atoms with E-state index < -0.39 is 41.4 Å². The summed E-state index contributed by atoms with van der Waals surface area (Å²) in [5.41, 5.74) is -1.23. The summed E-state index contributed by atoms with van der Waals surface area (Å²) in [6.07, 6.45) is 6.77. The number of fused-ring (bicyclic) bond motifs is 5. The molecule has 8 nitrogen and oxygen atoms in total. The highest BCUT2D eigenvalue weighted by Crippen LogP contribution is 2.67. The SMILES string of the molecule is CCCC(=O)OC(C)=O.C[C@]12CCC(=O)C=C1CC[C@@H]1[C@@H]2[C@@H](O)C[C@@]2(C)[C@H]1CC[C@]2(O)C(=O)CO. The summed E-state index contributed by atoms with van der Waals surface area (Å²) in [4.78, 5) is 44.8. The number of hydrogen-bond acceptors (Lipinski definition) is 8. The van der Waals surface area contributed by atoms with Crippen LogP contribution in [0.25, 0.3) is 0 Å². The van der Waals surface area contributed by atoms with Gasteiger partial charge in [-0.25, -0.2) is 0 Å². The normalized spacial score (nSPS) is 39.7. The van der Waals surface area contributed by atoms with Crippen LogP contribution in [0.1, 0.15) is 85.5 Å². The van der Waals surface area contributed by atoms with Crippen LogP contribution in [-0.4, -0.2) is 57.1 Å². The number of rotatable bonds is 4. The fraction of sp³-hybridized carbons (Fsp3) is 0.778. The van der Waals surface area contributed by atoms with Gasteiger partial charge in [-0.3, -0.25) is 19.2 Å². The third-order valence-electron chi connectivity index (χ3n) is 9.36. The molecule has 4 aliphatic rings. The molecule has 7 atom stereocenters. The average Bonchev–Trinajstić information content (AvgIpc) is 3.04. The molecule has 0 aliphatic heterocycles. The van der Waals surface area contributed by atoms with E-state index in [1.165, 1.54) is 12.5 Å². The van der Waals surface area contributed by atoms with E-state index in [1.54, 1.807) is 6.08 Å². The van der Waals surface area contributed by atoms with Gasteiger partial charge in [-0.2, -0.15) is 0 Å². The second-order valence-corrected chi connectivity index (χ2v) is 11.3. The Hall–Kier alpha value is -1.90. The maximum absolute atomic E-state index is 12.4. The minimum absolute atomic E-state index is 0.0697. The van der Waals surface area contributed by atoms with E-state index in [1.807, 2.05) is 13.8 Å². The zero-order valence-corrected chi connectivity index (χ0v) is 21.3. The average molecular weight is 493 g/mol. The van der Waals surface area contributed by atoms with Gasteiger partial charge in [0.25, 0.3) is 0 Å². The molecule has 0 heterocycles. The topological polar surface area (TPSA) is 138 Å². The molecule has 0 saturated heterocycles. The van der Waals surface area contributed by atoms with Crippen LogP contribution in [0.3, 0.4) is 0 Å². The lowest BCUT2D eigenvalue weighted by Gasteiger charge is -2.60. The van der Waals surface area contributed by atoms with Gasteiger partial charge in [0, 0.05) is 25.2 Å². The predicted octanol–water partition coefficient (Wildman–Crippen LogP) is 2.66. The van der Waals surface area contributed by atoms with Crippen LogP contribution in [0.15, 0.2) is 11.6 Å². The standard InChI is InChI=1S/C21H30O5.C6H10O3/c1-19-7-5-13(23)9-12(19)3-4-14-15-6-8-21(26,17(25)11-22)20(15,2)10-16(24)18(14)19;1-3-4-6(8)9-5(2)7/h9,14-16,18,22,24,26H,3-8,10-11H2,1-2H3;3-4H2,1-2H3/t14-,15-,16-,18+,19-,20-,21-;/m0./s1. The lowest BCUT2D eigenvalue weighted by Crippen LogP contribution is -2.62. The van der Waals surface area contributed by atoms with Gasteiger partial charge in [0.15, 0.2) is 11.6 Å². The minimum Gasteiger partial charge on any atom is -0.393 e. The van der Waals surface area contributed by atoms with Crippen LogP contribution < -0.4 is 0 Å². The van der Waals surface area contributed by atoms with Gasteiger partial charge in [0.05, 0.1) is 6.10 Å². The Morgan fingerprint density at radius 1 is 1.14 bits per heavy atom. The summed E-state index contributed by atoms with van der Waals surface area (Å²) in [5.74, 6) is -0.834. The van der Waals surface area contributed by atoms with E-state index in [9.17, 15) is 34.5 Å². The molecule has 0 bridgehead atoms. The van der Waals surface area contributed by atoms with Crippen molar-refractivity contribution in [2.75, 3.05) is 6.61 Å². The van der Waals surface area contributed by atoms with Gasteiger partial charge >= 0.3 is 11.9 Å². The second kappa shape index (κ2) is 10.2. The van der Waals surface area contributed by atoms with Crippen molar-refractivity contribution < 1.29 is 39.2 Å². The Morgan fingerprint density at radius 3 is 2.43 bits per heavy atom. The summed E-state index contributed by atoms with van der Waals surface area (Å²) in [6, 6.07) is 0. The monoisotopic (exact) mass is 492 g/mol. The molecule has 3 saturated carbocycles. The summed E-state index contributed by atoms with van der Waals surface area (Å²) in [7, 11) is 0. The Labute approximate surface area is 207 Å². The molecule has 0 spiro atoms. The lowest BCUT2D eigenvalue weighted by atomic mass is 9.45. The highest BCUT2D eigenvalue weighted by molar-refractivity contribution is 5.92. The summed E-state index contributed by atoms with van der Waals surface area (Å²) in [6.45, 7) is 6.52. The van der Waals surface area contributed by atoms with Gasteiger partial charge in [0.2, 0.25) is 0 Å². The van der Waals surface area contributed by atoms with Gasteiger partial charge in [-0.15, -0.1) is 0 Å². The molecule has 0 aromatic carbocycles. The van der Waals surface area contributed by atoms with Crippen molar-refractivity contribution in [2.24, 2.45) is 28.6 Å². The highest BCUT2D eigenvalue weighted by Gasteiger charge is 2.68. The minimum atomic E-state index is -1.54. The largest absolute Gasteiger partial charge is 0.393 e. The lowest BCUT2D eigenvalue weighted by molar-refractivity contribution is -0.182. The molecule has 0 radical (unpaired) electrons. The molecule has 0 amide bonds. The molecule has 0 aromatic rings. The Balaban J connectivity index is 0.000000327. The van der Waals surface area contributed by atoms with E-state index in [0.29, 0.717) is 32.1 Å². The van der Waals surface area contributed by atoms with Gasteiger partial charge in [0.1, 0.15) is 12.2 Å². The van der Waals surface area contributed by atoms with E-state index >= 15 is 0 Å². The number of esters is 2. The number of ether oxygens (including phenoxy) is 1. The molecule has 8 heteroatoms. The van der Waals surface area contributed by atoms with Crippen molar-refractivity contribution in [3.63, 3.8) is 0 Å². The van der Waals surface area contributed by atoms with Crippen LogP contribution in [-0.2, 0) is 23.9 Å². The highest BCUT2D eigenvalue weighted by atomic mass is 16.6. The zero-order chi connectivity index (χ0) is 26.2. The molecule has 4 aliphatic carbocycles. The Bertz CT molecular complexity index is 909. The molecule has 4 rings (SSSR count). The number of aliphatic hydroxyl groups is 3. The third-order valence-corrected chi connectivity index (χ3v) is 9.36. The molecule has 3 N–H and O–H groups in total. The second-order valence-electron chi connectivity index (χ2n) is 11.3. The van der Waals surface area contributed by atoms with Crippen molar-refractivity contribution in [1.82, 2.24) is 0 Å². The summed E-state index contributed by atoms with van der Waals surface area (Å²) >= 11 is 0. The first kappa shape index (κ1) is 27.7. The number of hydrogen-bond donors (Lipinski definition) is 3. The molecule has 35 heavy (non-hydrogen) atoms. The molecule has 0 unspecified atom stereocenters. The molecule has 196 valence electrons.